The van der Waals surface area contributed by atoms with Crippen LogP contribution >= 0.6 is 0 Å². The molecule has 2 aliphatic heterocycles. The normalized spacial score (nSPS) is 25.7. The van der Waals surface area contributed by atoms with Crippen LogP contribution < -0.4 is 5.32 Å². The Morgan fingerprint density at radius 2 is 2.28 bits per heavy atom. The summed E-state index contributed by atoms with van der Waals surface area (Å²) in [4.78, 5) is 16.5. The van der Waals surface area contributed by atoms with E-state index in [1.54, 1.807) is 26.8 Å². The number of nitrogens with zero attached hydrogens (tertiary/aromatic N) is 1. The molecule has 0 radical (unpaired) electrons. The Balaban J connectivity index is 2.42. The van der Waals surface area contributed by atoms with Gasteiger partial charge in [0.25, 0.3) is 0 Å². The molecule has 2 aliphatic rings. The standard InChI is InChI=1S/C19H25FN2O3/c1-6-19(24)15-8-17(21-9-14(15)10-25-18(19)23)13(5)22-16(11(2)3)7-12(4)20/h7-8,12,21,24H,2,6,9-10H2,1,3-5H3/b16-7+,22-13?/t12?,19-/m0/s1. The summed E-state index contributed by atoms with van der Waals surface area (Å²) in [6, 6.07) is 0. The number of esters is 1. The monoisotopic (exact) mass is 348 g/mol. The van der Waals surface area contributed by atoms with Gasteiger partial charge in [-0.25, -0.2) is 9.18 Å². The summed E-state index contributed by atoms with van der Waals surface area (Å²) < 4.78 is 18.4. The SMILES string of the molecule is C=C(C)/C(=C\C(C)F)N=C(C)C1=CC2=C(CN1)COC(=O)[C@]2(O)CC. The minimum atomic E-state index is -1.64. The van der Waals surface area contributed by atoms with Crippen LogP contribution in [0.2, 0.25) is 0 Å². The van der Waals surface area contributed by atoms with Gasteiger partial charge in [-0.15, -0.1) is 0 Å². The zero-order valence-electron chi connectivity index (χ0n) is 15.1. The van der Waals surface area contributed by atoms with Crippen LogP contribution in [0.5, 0.6) is 0 Å². The van der Waals surface area contributed by atoms with Crippen molar-refractivity contribution < 1.29 is 19.0 Å². The highest BCUT2D eigenvalue weighted by Crippen LogP contribution is 2.33. The maximum absolute atomic E-state index is 13.3. The third-order valence-corrected chi connectivity index (χ3v) is 4.34. The number of alkyl halides is 1. The lowest BCUT2D eigenvalue weighted by molar-refractivity contribution is -0.162. The molecule has 0 aliphatic carbocycles. The second-order valence-electron chi connectivity index (χ2n) is 6.43. The van der Waals surface area contributed by atoms with E-state index in [-0.39, 0.29) is 13.0 Å². The Labute approximate surface area is 147 Å². The number of hydrogen-bond donors (Lipinski definition) is 2. The number of cyclic esters (lactones) is 1. The second kappa shape index (κ2) is 7.35. The van der Waals surface area contributed by atoms with E-state index in [9.17, 15) is 14.3 Å². The number of ether oxygens (including phenoxy) is 1. The number of allylic oxidation sites excluding steroid dienone is 3. The number of dihydropyridines is 1. The van der Waals surface area contributed by atoms with Gasteiger partial charge >= 0.3 is 5.97 Å². The molecule has 0 aromatic carbocycles. The zero-order valence-corrected chi connectivity index (χ0v) is 15.1. The van der Waals surface area contributed by atoms with Crippen LogP contribution in [0.15, 0.2) is 51.8 Å². The average Bonchev–Trinajstić information content (AvgIpc) is 2.56. The molecule has 2 atom stereocenters. The lowest BCUT2D eigenvalue weighted by Gasteiger charge is -2.35. The summed E-state index contributed by atoms with van der Waals surface area (Å²) in [6.45, 7) is 11.2. The van der Waals surface area contributed by atoms with Crippen LogP contribution in [0.25, 0.3) is 0 Å². The Hall–Kier alpha value is -2.21. The highest BCUT2D eigenvalue weighted by Gasteiger charge is 2.44. The number of aliphatic hydroxyl groups is 1. The van der Waals surface area contributed by atoms with Crippen LogP contribution in [-0.2, 0) is 9.53 Å². The van der Waals surface area contributed by atoms with Crippen LogP contribution in [0.4, 0.5) is 4.39 Å². The highest BCUT2D eigenvalue weighted by molar-refractivity contribution is 6.00. The fourth-order valence-electron chi connectivity index (χ4n) is 2.82. The summed E-state index contributed by atoms with van der Waals surface area (Å²) in [5.74, 6) is -0.630. The molecule has 0 spiro atoms. The van der Waals surface area contributed by atoms with Gasteiger partial charge in [-0.3, -0.25) is 4.99 Å². The summed E-state index contributed by atoms with van der Waals surface area (Å²) in [6.07, 6.45) is 2.22. The van der Waals surface area contributed by atoms with Crippen molar-refractivity contribution >= 4 is 11.7 Å². The van der Waals surface area contributed by atoms with Gasteiger partial charge < -0.3 is 15.2 Å². The van der Waals surface area contributed by atoms with Gasteiger partial charge in [0.2, 0.25) is 0 Å². The number of carbonyl (C=O) groups is 1. The number of carbonyl (C=O) groups excluding carboxylic acids is 1. The van der Waals surface area contributed by atoms with Crippen LogP contribution in [0.1, 0.15) is 34.1 Å². The Kier molecular flexibility index (Phi) is 5.62. The molecular weight excluding hydrogens is 323 g/mol. The molecule has 0 amide bonds. The first-order valence-electron chi connectivity index (χ1n) is 8.34. The first-order valence-corrected chi connectivity index (χ1v) is 8.34. The molecule has 0 bridgehead atoms. The van der Waals surface area contributed by atoms with Crippen molar-refractivity contribution in [3.63, 3.8) is 0 Å². The van der Waals surface area contributed by atoms with E-state index in [0.717, 1.165) is 5.57 Å². The van der Waals surface area contributed by atoms with Gasteiger partial charge in [-0.05, 0) is 50.5 Å². The molecule has 0 aromatic heterocycles. The molecule has 0 fully saturated rings. The molecule has 2 rings (SSSR count). The maximum atomic E-state index is 13.3. The molecular formula is C19H25FN2O3. The summed E-state index contributed by atoms with van der Waals surface area (Å²) in [5.41, 5.74) is 2.21. The van der Waals surface area contributed by atoms with Gasteiger partial charge in [-0.1, -0.05) is 13.5 Å². The largest absolute Gasteiger partial charge is 0.459 e. The molecule has 1 unspecified atom stereocenters. The first kappa shape index (κ1) is 19.1. The molecule has 0 aromatic rings. The number of halogens is 1. The van der Waals surface area contributed by atoms with E-state index in [2.05, 4.69) is 16.9 Å². The molecule has 6 heteroatoms. The summed E-state index contributed by atoms with van der Waals surface area (Å²) in [7, 11) is 0. The average molecular weight is 348 g/mol. The van der Waals surface area contributed by atoms with Crippen LogP contribution in [0.3, 0.4) is 0 Å². The van der Waals surface area contributed by atoms with Crippen molar-refractivity contribution in [3.8, 4) is 0 Å². The Morgan fingerprint density at radius 3 is 2.84 bits per heavy atom. The smallest absolute Gasteiger partial charge is 0.343 e. The van der Waals surface area contributed by atoms with Crippen molar-refractivity contribution in [1.29, 1.82) is 0 Å². The summed E-state index contributed by atoms with van der Waals surface area (Å²) >= 11 is 0. The van der Waals surface area contributed by atoms with E-state index in [1.807, 2.05) is 0 Å². The minimum absolute atomic E-state index is 0.166. The molecule has 5 nitrogen and oxygen atoms in total. The van der Waals surface area contributed by atoms with E-state index in [4.69, 9.17) is 4.74 Å². The maximum Gasteiger partial charge on any atom is 0.343 e. The zero-order chi connectivity index (χ0) is 18.8. The minimum Gasteiger partial charge on any atom is -0.459 e. The Morgan fingerprint density at radius 1 is 1.60 bits per heavy atom. The van der Waals surface area contributed by atoms with Crippen LogP contribution in [-0.4, -0.2) is 41.7 Å². The van der Waals surface area contributed by atoms with Crippen molar-refractivity contribution in [2.75, 3.05) is 13.2 Å². The van der Waals surface area contributed by atoms with Crippen LogP contribution in [0, 0.1) is 0 Å². The number of nitrogens with one attached hydrogen (secondary N) is 1. The van der Waals surface area contributed by atoms with E-state index < -0.39 is 17.7 Å². The third kappa shape index (κ3) is 3.90. The van der Waals surface area contributed by atoms with Crippen molar-refractivity contribution in [1.82, 2.24) is 5.32 Å². The lowest BCUT2D eigenvalue weighted by atomic mass is 9.83. The predicted molar refractivity (Wildman–Crippen MR) is 95.9 cm³/mol. The van der Waals surface area contributed by atoms with E-state index in [0.29, 0.717) is 34.8 Å². The Bertz CT molecular complexity index is 716. The summed E-state index contributed by atoms with van der Waals surface area (Å²) in [5, 5.41) is 13.9. The second-order valence-corrected chi connectivity index (χ2v) is 6.43. The molecule has 0 saturated heterocycles. The fourth-order valence-corrected chi connectivity index (χ4v) is 2.82. The first-order chi connectivity index (χ1) is 11.7. The number of rotatable bonds is 5. The van der Waals surface area contributed by atoms with Crippen molar-refractivity contribution in [3.05, 3.63) is 46.8 Å². The van der Waals surface area contributed by atoms with Gasteiger partial charge in [0.15, 0.2) is 5.60 Å². The third-order valence-electron chi connectivity index (χ3n) is 4.34. The number of hydrogen-bond acceptors (Lipinski definition) is 5. The topological polar surface area (TPSA) is 70.9 Å². The molecule has 0 saturated carbocycles. The molecule has 25 heavy (non-hydrogen) atoms. The fraction of sp³-hybridized carbons (Fsp3) is 0.474. The molecule has 2 N–H and O–H groups in total. The van der Waals surface area contributed by atoms with Gasteiger partial charge in [0, 0.05) is 12.1 Å². The van der Waals surface area contributed by atoms with E-state index in [1.165, 1.54) is 13.0 Å². The quantitative estimate of drug-likeness (QED) is 0.455. The van der Waals surface area contributed by atoms with Gasteiger partial charge in [0.1, 0.15) is 12.8 Å². The highest BCUT2D eigenvalue weighted by atomic mass is 19.1. The van der Waals surface area contributed by atoms with Crippen molar-refractivity contribution in [2.24, 2.45) is 4.99 Å². The number of aliphatic imine (C=N–C) groups is 1. The van der Waals surface area contributed by atoms with Gasteiger partial charge in [-0.2, -0.15) is 0 Å². The van der Waals surface area contributed by atoms with E-state index >= 15 is 0 Å². The molecule has 2 heterocycles. The van der Waals surface area contributed by atoms with Gasteiger partial charge in [0.05, 0.1) is 17.1 Å². The van der Waals surface area contributed by atoms with Crippen molar-refractivity contribution in [2.45, 2.75) is 45.9 Å². The lowest BCUT2D eigenvalue weighted by Crippen LogP contribution is -2.48. The molecule has 136 valence electrons. The predicted octanol–water partition coefficient (Wildman–Crippen LogP) is 2.75.